The number of nitrogens with zero attached hydrogens (tertiary/aromatic N) is 6. The molecule has 1 fully saturated rings. The summed E-state index contributed by atoms with van der Waals surface area (Å²) in [6.45, 7) is 15.0. The molecule has 0 N–H and O–H groups in total. The third-order valence-corrected chi connectivity index (χ3v) is 7.45. The van der Waals surface area contributed by atoms with Gasteiger partial charge in [0.2, 0.25) is 5.52 Å². The third kappa shape index (κ3) is 6.01. The van der Waals surface area contributed by atoms with Crippen LogP contribution in [0.4, 0.5) is 24.8 Å². The highest BCUT2D eigenvalue weighted by molar-refractivity contribution is 5.87. The minimum atomic E-state index is -4.73. The van der Waals surface area contributed by atoms with Gasteiger partial charge in [0.05, 0.1) is 5.52 Å². The second-order valence-electron chi connectivity index (χ2n) is 9.82. The van der Waals surface area contributed by atoms with Gasteiger partial charge in [-0.1, -0.05) is 45.9 Å². The van der Waals surface area contributed by atoms with Crippen LogP contribution >= 0.6 is 0 Å². The highest BCUT2D eigenvalue weighted by Crippen LogP contribution is 2.36. The highest BCUT2D eigenvalue weighted by atomic mass is 19.4. The van der Waals surface area contributed by atoms with Gasteiger partial charge in [-0.15, -0.1) is 18.2 Å². The van der Waals surface area contributed by atoms with Gasteiger partial charge in [0.15, 0.2) is 5.82 Å². The molecule has 0 amide bonds. The van der Waals surface area contributed by atoms with E-state index in [9.17, 15) is 18.0 Å². The van der Waals surface area contributed by atoms with Gasteiger partial charge >= 0.3 is 12.1 Å². The summed E-state index contributed by atoms with van der Waals surface area (Å²) in [6.07, 6.45) is -1.38. The van der Waals surface area contributed by atoms with Gasteiger partial charge in [0.25, 0.3) is 5.82 Å². The maximum absolute atomic E-state index is 12.8. The summed E-state index contributed by atoms with van der Waals surface area (Å²) >= 11 is 0. The quantitative estimate of drug-likeness (QED) is 0.326. The number of fused-ring (bicyclic) bond motifs is 1. The molecule has 2 aromatic heterocycles. The van der Waals surface area contributed by atoms with Gasteiger partial charge in [-0.3, -0.25) is 9.47 Å². The zero-order valence-electron chi connectivity index (χ0n) is 22.6. The Bertz CT molecular complexity index is 1400. The van der Waals surface area contributed by atoms with E-state index in [-0.39, 0.29) is 35.4 Å². The molecule has 208 valence electrons. The Morgan fingerprint density at radius 1 is 1.05 bits per heavy atom. The SMILES string of the molecule is [C-]#[N+]c1ccc2c(n1)c(N1CC(CC)N(C(CCC)c3ccc(OC(F)(F)F)cc3)CC1CC)nc(=O)n2C. The Hall–Kier alpha value is -3.65. The molecule has 4 rings (SSSR count). The van der Waals surface area contributed by atoms with Crippen molar-refractivity contribution in [2.75, 3.05) is 18.0 Å². The summed E-state index contributed by atoms with van der Waals surface area (Å²) in [4.78, 5) is 29.8. The van der Waals surface area contributed by atoms with Gasteiger partial charge in [0.1, 0.15) is 5.75 Å². The summed E-state index contributed by atoms with van der Waals surface area (Å²) in [5.41, 5.74) is 1.70. The lowest BCUT2D eigenvalue weighted by atomic mass is 9.93. The molecule has 3 atom stereocenters. The first-order chi connectivity index (χ1) is 18.6. The molecule has 0 radical (unpaired) electrons. The maximum atomic E-state index is 12.8. The topological polar surface area (TPSA) is 67.9 Å². The Balaban J connectivity index is 1.71. The number of aromatic nitrogens is 3. The van der Waals surface area contributed by atoms with E-state index in [0.717, 1.165) is 31.2 Å². The van der Waals surface area contributed by atoms with Crippen molar-refractivity contribution in [2.24, 2.45) is 7.05 Å². The molecule has 3 unspecified atom stereocenters. The van der Waals surface area contributed by atoms with Crippen molar-refractivity contribution in [3.63, 3.8) is 0 Å². The smallest absolute Gasteiger partial charge is 0.406 e. The molecule has 1 saturated heterocycles. The standard InChI is InChI=1S/C28H33F3N6O2/c1-6-9-22(18-10-12-21(13-11-18)39-28(29,30)31)36-16-20(8-3)37(17-19(36)7-2)26-25-23(35(5)27(38)34-26)14-15-24(32-4)33-25/h10-15,19-20,22H,6-9,16-17H2,1-3,5H3. The minimum absolute atomic E-state index is 0.0104. The van der Waals surface area contributed by atoms with Crippen molar-refractivity contribution in [1.29, 1.82) is 0 Å². The molecular formula is C28H33F3N6O2. The summed E-state index contributed by atoms with van der Waals surface area (Å²) < 4.78 is 43.5. The van der Waals surface area contributed by atoms with Gasteiger partial charge < -0.3 is 14.5 Å². The van der Waals surface area contributed by atoms with Crippen molar-refractivity contribution >= 4 is 22.7 Å². The molecule has 39 heavy (non-hydrogen) atoms. The molecule has 0 bridgehead atoms. The average molecular weight is 543 g/mol. The van der Waals surface area contributed by atoms with Crippen LogP contribution in [0.2, 0.25) is 0 Å². The van der Waals surface area contributed by atoms with Crippen molar-refractivity contribution in [1.82, 2.24) is 19.4 Å². The van der Waals surface area contributed by atoms with Crippen LogP contribution < -0.4 is 15.3 Å². The highest BCUT2D eigenvalue weighted by Gasteiger charge is 2.38. The van der Waals surface area contributed by atoms with Crippen LogP contribution in [0.5, 0.6) is 5.75 Å². The number of hydrogen-bond acceptors (Lipinski definition) is 6. The Morgan fingerprint density at radius 2 is 1.74 bits per heavy atom. The fourth-order valence-corrected chi connectivity index (χ4v) is 5.48. The maximum Gasteiger partial charge on any atom is 0.573 e. The number of alkyl halides is 3. The van der Waals surface area contributed by atoms with Gasteiger partial charge in [-0.05, 0) is 49.1 Å². The fraction of sp³-hybridized carbons (Fsp3) is 0.500. The summed E-state index contributed by atoms with van der Waals surface area (Å²) in [7, 11) is 1.64. The summed E-state index contributed by atoms with van der Waals surface area (Å²) in [5, 5.41) is 0. The second kappa shape index (κ2) is 11.6. The first-order valence-corrected chi connectivity index (χ1v) is 13.2. The number of piperazine rings is 1. The molecule has 3 aromatic rings. The molecule has 11 heteroatoms. The molecule has 1 aromatic carbocycles. The van der Waals surface area contributed by atoms with E-state index < -0.39 is 6.36 Å². The normalized spacial score (nSPS) is 19.2. The van der Waals surface area contributed by atoms with Gasteiger partial charge in [-0.2, -0.15) is 4.98 Å². The minimum Gasteiger partial charge on any atom is -0.406 e. The monoisotopic (exact) mass is 542 g/mol. The van der Waals surface area contributed by atoms with Gasteiger partial charge in [-0.25, -0.2) is 4.79 Å². The molecule has 1 aliphatic heterocycles. The average Bonchev–Trinajstić information content (AvgIpc) is 2.92. The second-order valence-corrected chi connectivity index (χ2v) is 9.82. The van der Waals surface area contributed by atoms with Gasteiger partial charge in [0, 0.05) is 38.3 Å². The zero-order chi connectivity index (χ0) is 28.3. The van der Waals surface area contributed by atoms with Crippen molar-refractivity contribution in [3.8, 4) is 5.75 Å². The lowest BCUT2D eigenvalue weighted by Crippen LogP contribution is -2.59. The van der Waals surface area contributed by atoms with Crippen LogP contribution in [0, 0.1) is 6.57 Å². The summed E-state index contributed by atoms with van der Waals surface area (Å²) in [5.74, 6) is 0.493. The molecule has 3 heterocycles. The number of halogens is 3. The van der Waals surface area contributed by atoms with E-state index in [4.69, 9.17) is 6.57 Å². The number of pyridine rings is 1. The number of benzene rings is 1. The number of hydrogen-bond donors (Lipinski definition) is 0. The van der Waals surface area contributed by atoms with Crippen molar-refractivity contribution in [2.45, 2.75) is 70.9 Å². The lowest BCUT2D eigenvalue weighted by Gasteiger charge is -2.49. The largest absolute Gasteiger partial charge is 0.573 e. The Kier molecular flexibility index (Phi) is 8.45. The first-order valence-electron chi connectivity index (χ1n) is 13.2. The number of anilines is 1. The fourth-order valence-electron chi connectivity index (χ4n) is 5.48. The van der Waals surface area contributed by atoms with Crippen molar-refractivity contribution in [3.05, 3.63) is 63.9 Å². The molecule has 8 nitrogen and oxygen atoms in total. The number of ether oxygens (including phenoxy) is 1. The Morgan fingerprint density at radius 3 is 2.33 bits per heavy atom. The third-order valence-electron chi connectivity index (χ3n) is 7.45. The van der Waals surface area contributed by atoms with E-state index in [2.05, 4.69) is 50.1 Å². The molecule has 0 saturated carbocycles. The molecular weight excluding hydrogens is 509 g/mol. The Labute approximate surface area is 225 Å². The summed E-state index contributed by atoms with van der Waals surface area (Å²) in [6, 6.07) is 9.63. The van der Waals surface area contributed by atoms with E-state index in [0.29, 0.717) is 29.9 Å². The van der Waals surface area contributed by atoms with Crippen molar-refractivity contribution < 1.29 is 17.9 Å². The van der Waals surface area contributed by atoms with E-state index in [1.54, 1.807) is 31.3 Å². The number of rotatable bonds is 8. The predicted octanol–water partition coefficient (Wildman–Crippen LogP) is 6.00. The van der Waals surface area contributed by atoms with E-state index in [1.807, 2.05) is 0 Å². The van der Waals surface area contributed by atoms with Crippen LogP contribution in [-0.4, -0.2) is 51.0 Å². The molecule has 1 aliphatic rings. The van der Waals surface area contributed by atoms with Crippen LogP contribution in [0.3, 0.4) is 0 Å². The van der Waals surface area contributed by atoms with Crippen LogP contribution in [-0.2, 0) is 7.05 Å². The van der Waals surface area contributed by atoms with Crippen LogP contribution in [0.1, 0.15) is 58.1 Å². The zero-order valence-corrected chi connectivity index (χ0v) is 22.6. The van der Waals surface area contributed by atoms with E-state index >= 15 is 0 Å². The van der Waals surface area contributed by atoms with Crippen LogP contribution in [0.25, 0.3) is 15.9 Å². The molecule has 0 spiro atoms. The lowest BCUT2D eigenvalue weighted by molar-refractivity contribution is -0.274. The predicted molar refractivity (Wildman–Crippen MR) is 144 cm³/mol. The van der Waals surface area contributed by atoms with E-state index in [1.165, 1.54) is 16.7 Å². The first kappa shape index (κ1) is 28.4. The van der Waals surface area contributed by atoms with Crippen LogP contribution in [0.15, 0.2) is 41.2 Å². The molecule has 0 aliphatic carbocycles. The number of aryl methyl sites for hydroxylation is 1.